The van der Waals surface area contributed by atoms with Gasteiger partial charge in [-0.05, 0) is 51.0 Å². The standard InChI is InChI=1S/C14H20ClNO4S/c1-10(2)16(8-4-5-14(17)18)21(19,20)13-7-6-12(15)9-11(13)3/h6-7,9-10H,4-5,8H2,1-3H3,(H,17,18). The van der Waals surface area contributed by atoms with E-state index in [1.54, 1.807) is 26.8 Å². The highest BCUT2D eigenvalue weighted by Crippen LogP contribution is 2.24. The van der Waals surface area contributed by atoms with Gasteiger partial charge in [0.1, 0.15) is 0 Å². The van der Waals surface area contributed by atoms with E-state index in [2.05, 4.69) is 0 Å². The number of benzene rings is 1. The molecule has 0 saturated heterocycles. The van der Waals surface area contributed by atoms with E-state index in [1.807, 2.05) is 0 Å². The van der Waals surface area contributed by atoms with Gasteiger partial charge in [0, 0.05) is 24.0 Å². The van der Waals surface area contributed by atoms with Crippen LogP contribution in [0.25, 0.3) is 0 Å². The van der Waals surface area contributed by atoms with Crippen LogP contribution in [0.4, 0.5) is 0 Å². The Kier molecular flexibility index (Phi) is 6.19. The van der Waals surface area contributed by atoms with E-state index in [4.69, 9.17) is 16.7 Å². The third kappa shape index (κ3) is 4.69. The van der Waals surface area contributed by atoms with Crippen molar-refractivity contribution < 1.29 is 18.3 Å². The summed E-state index contributed by atoms with van der Waals surface area (Å²) in [6.07, 6.45) is 0.220. The first-order valence-corrected chi connectivity index (χ1v) is 8.48. The third-order valence-corrected chi connectivity index (χ3v) is 5.54. The minimum atomic E-state index is -3.66. The molecule has 5 nitrogen and oxygen atoms in total. The summed E-state index contributed by atoms with van der Waals surface area (Å²) in [5.41, 5.74) is 0.575. The van der Waals surface area contributed by atoms with E-state index in [0.717, 1.165) is 0 Å². The molecule has 0 bridgehead atoms. The monoisotopic (exact) mass is 333 g/mol. The molecule has 1 rings (SSSR count). The second kappa shape index (κ2) is 7.24. The smallest absolute Gasteiger partial charge is 0.303 e. The van der Waals surface area contributed by atoms with Crippen LogP contribution in [0, 0.1) is 6.92 Å². The summed E-state index contributed by atoms with van der Waals surface area (Å²) < 4.78 is 26.8. The highest BCUT2D eigenvalue weighted by molar-refractivity contribution is 7.89. The number of hydrogen-bond donors (Lipinski definition) is 1. The molecule has 0 aliphatic heterocycles. The number of sulfonamides is 1. The minimum Gasteiger partial charge on any atom is -0.481 e. The van der Waals surface area contributed by atoms with Gasteiger partial charge in [0.15, 0.2) is 0 Å². The predicted octanol–water partition coefficient (Wildman–Crippen LogP) is 2.91. The molecule has 0 aliphatic carbocycles. The molecule has 1 N–H and O–H groups in total. The lowest BCUT2D eigenvalue weighted by Gasteiger charge is -2.26. The van der Waals surface area contributed by atoms with E-state index in [0.29, 0.717) is 10.6 Å². The fraction of sp³-hybridized carbons (Fsp3) is 0.500. The molecule has 0 unspecified atom stereocenters. The Balaban J connectivity index is 3.07. The number of aryl methyl sites for hydroxylation is 1. The van der Waals surface area contributed by atoms with Crippen molar-refractivity contribution in [1.82, 2.24) is 4.31 Å². The summed E-state index contributed by atoms with van der Waals surface area (Å²) in [5, 5.41) is 9.16. The van der Waals surface area contributed by atoms with E-state index in [9.17, 15) is 13.2 Å². The zero-order valence-corrected chi connectivity index (χ0v) is 13.9. The molecule has 7 heteroatoms. The van der Waals surface area contributed by atoms with Gasteiger partial charge in [0.05, 0.1) is 4.90 Å². The molecule has 0 atom stereocenters. The molecule has 21 heavy (non-hydrogen) atoms. The van der Waals surface area contributed by atoms with Gasteiger partial charge in [-0.3, -0.25) is 4.79 Å². The fourth-order valence-corrected chi connectivity index (χ4v) is 4.18. The summed E-state index contributed by atoms with van der Waals surface area (Å²) >= 11 is 5.85. The summed E-state index contributed by atoms with van der Waals surface area (Å²) in [5.74, 6) is -0.932. The first kappa shape index (κ1) is 17.9. The van der Waals surface area contributed by atoms with Crippen LogP contribution in [0.3, 0.4) is 0 Å². The molecule has 1 aromatic rings. The van der Waals surface area contributed by atoms with Crippen molar-refractivity contribution in [3.8, 4) is 0 Å². The van der Waals surface area contributed by atoms with Crippen LogP contribution in [0.2, 0.25) is 5.02 Å². The van der Waals surface area contributed by atoms with E-state index >= 15 is 0 Å². The van der Waals surface area contributed by atoms with Crippen molar-refractivity contribution in [2.45, 2.75) is 44.6 Å². The highest BCUT2D eigenvalue weighted by atomic mass is 35.5. The average molecular weight is 334 g/mol. The van der Waals surface area contributed by atoms with Gasteiger partial charge in [-0.1, -0.05) is 11.6 Å². The SMILES string of the molecule is Cc1cc(Cl)ccc1S(=O)(=O)N(CCCC(=O)O)C(C)C. The summed E-state index contributed by atoms with van der Waals surface area (Å²) in [4.78, 5) is 10.8. The van der Waals surface area contributed by atoms with Crippen LogP contribution in [0.1, 0.15) is 32.3 Å². The summed E-state index contributed by atoms with van der Waals surface area (Å²) in [6, 6.07) is 4.37. The molecule has 0 aliphatic rings. The van der Waals surface area contributed by atoms with Gasteiger partial charge in [-0.25, -0.2) is 8.42 Å². The maximum absolute atomic E-state index is 12.7. The van der Waals surface area contributed by atoms with Crippen molar-refractivity contribution in [3.63, 3.8) is 0 Å². The Hall–Kier alpha value is -1.11. The first-order chi connectivity index (χ1) is 9.66. The van der Waals surface area contributed by atoms with Gasteiger partial charge in [0.25, 0.3) is 0 Å². The van der Waals surface area contributed by atoms with Gasteiger partial charge in [0.2, 0.25) is 10.0 Å². The second-order valence-electron chi connectivity index (χ2n) is 5.12. The lowest BCUT2D eigenvalue weighted by molar-refractivity contribution is -0.137. The van der Waals surface area contributed by atoms with Gasteiger partial charge in [-0.15, -0.1) is 0 Å². The molecule has 0 fully saturated rings. The molecule has 118 valence electrons. The van der Waals surface area contributed by atoms with Crippen LogP contribution >= 0.6 is 11.6 Å². The lowest BCUT2D eigenvalue weighted by atomic mass is 10.2. The number of carbonyl (C=O) groups is 1. The predicted molar refractivity (Wildman–Crippen MR) is 82.1 cm³/mol. The number of halogens is 1. The number of nitrogens with zero attached hydrogens (tertiary/aromatic N) is 1. The van der Waals surface area contributed by atoms with Gasteiger partial charge >= 0.3 is 5.97 Å². The van der Waals surface area contributed by atoms with Crippen LogP contribution in [-0.4, -0.2) is 36.4 Å². The van der Waals surface area contributed by atoms with Gasteiger partial charge in [-0.2, -0.15) is 4.31 Å². The normalized spacial score (nSPS) is 12.1. The molecule has 0 heterocycles. The van der Waals surface area contributed by atoms with Crippen LogP contribution < -0.4 is 0 Å². The second-order valence-corrected chi connectivity index (χ2v) is 7.41. The number of aliphatic carboxylic acids is 1. The van der Waals surface area contributed by atoms with Crippen LogP contribution in [0.15, 0.2) is 23.1 Å². The molecular weight excluding hydrogens is 314 g/mol. The average Bonchev–Trinajstić information content (AvgIpc) is 2.32. The maximum Gasteiger partial charge on any atom is 0.303 e. The minimum absolute atomic E-state index is 0.0572. The maximum atomic E-state index is 12.7. The molecule has 0 amide bonds. The molecular formula is C14H20ClNO4S. The molecule has 0 saturated carbocycles. The molecule has 0 radical (unpaired) electrons. The van der Waals surface area contributed by atoms with E-state index in [1.165, 1.54) is 16.4 Å². The Bertz CT molecular complexity index is 613. The van der Waals surface area contributed by atoms with Crippen LogP contribution in [0.5, 0.6) is 0 Å². The number of carboxylic acids is 1. The molecule has 0 spiro atoms. The summed E-state index contributed by atoms with van der Waals surface area (Å²) in [6.45, 7) is 5.40. The van der Waals surface area contributed by atoms with Crippen molar-refractivity contribution >= 4 is 27.6 Å². The Labute approximate surface area is 130 Å². The third-order valence-electron chi connectivity index (χ3n) is 3.07. The Morgan fingerprint density at radius 1 is 1.38 bits per heavy atom. The van der Waals surface area contributed by atoms with Crippen molar-refractivity contribution in [2.24, 2.45) is 0 Å². The number of rotatable bonds is 7. The van der Waals surface area contributed by atoms with Gasteiger partial charge < -0.3 is 5.11 Å². The Morgan fingerprint density at radius 3 is 2.48 bits per heavy atom. The zero-order valence-electron chi connectivity index (χ0n) is 12.3. The largest absolute Gasteiger partial charge is 0.481 e. The van der Waals surface area contributed by atoms with E-state index in [-0.39, 0.29) is 30.3 Å². The number of hydrogen-bond acceptors (Lipinski definition) is 3. The highest BCUT2D eigenvalue weighted by Gasteiger charge is 2.28. The number of carboxylic acid groups (broad SMARTS) is 1. The molecule has 1 aromatic carbocycles. The van der Waals surface area contributed by atoms with Crippen molar-refractivity contribution in [1.29, 1.82) is 0 Å². The van der Waals surface area contributed by atoms with E-state index < -0.39 is 16.0 Å². The van der Waals surface area contributed by atoms with Crippen molar-refractivity contribution in [3.05, 3.63) is 28.8 Å². The van der Waals surface area contributed by atoms with Crippen LogP contribution in [-0.2, 0) is 14.8 Å². The lowest BCUT2D eigenvalue weighted by Crippen LogP contribution is -2.38. The fourth-order valence-electron chi connectivity index (χ4n) is 2.07. The molecule has 0 aromatic heterocycles. The Morgan fingerprint density at radius 2 is 2.00 bits per heavy atom. The first-order valence-electron chi connectivity index (χ1n) is 6.66. The topological polar surface area (TPSA) is 74.7 Å². The summed E-state index contributed by atoms with van der Waals surface area (Å²) in [7, 11) is -3.66. The quantitative estimate of drug-likeness (QED) is 0.832. The zero-order chi connectivity index (χ0) is 16.2. The van der Waals surface area contributed by atoms with Crippen molar-refractivity contribution in [2.75, 3.05) is 6.54 Å².